The van der Waals surface area contributed by atoms with E-state index >= 15 is 0 Å². The number of hydrogen-bond donors (Lipinski definition) is 1. The topological polar surface area (TPSA) is 29.5 Å². The third-order valence-electron chi connectivity index (χ3n) is 2.86. The Bertz CT molecular complexity index is 381. The van der Waals surface area contributed by atoms with Gasteiger partial charge in [-0.2, -0.15) is 0 Å². The molecule has 0 fully saturated rings. The van der Waals surface area contributed by atoms with Crippen LogP contribution in [0.5, 0.6) is 5.75 Å². The van der Waals surface area contributed by atoms with Gasteiger partial charge >= 0.3 is 0 Å². The Kier molecular flexibility index (Phi) is 5.41. The van der Waals surface area contributed by atoms with Gasteiger partial charge in [0.2, 0.25) is 9.04 Å². The summed E-state index contributed by atoms with van der Waals surface area (Å²) in [5, 5.41) is 9.00. The van der Waals surface area contributed by atoms with Gasteiger partial charge in [0.25, 0.3) is 0 Å². The molecule has 0 aliphatic heterocycles. The number of benzene rings is 1. The first-order chi connectivity index (χ1) is 8.36. The maximum Gasteiger partial charge on any atom is 0.229 e. The Hall–Kier alpha value is -0.803. The molecule has 0 saturated heterocycles. The average Bonchev–Trinajstić information content (AvgIpc) is 2.25. The minimum absolute atomic E-state index is 0.0911. The average molecular weight is 266 g/mol. The Morgan fingerprint density at radius 3 is 2.39 bits per heavy atom. The highest BCUT2D eigenvalue weighted by Gasteiger charge is 2.21. The molecule has 0 aromatic heterocycles. The monoisotopic (exact) mass is 266 g/mol. The molecule has 1 rings (SSSR count). The van der Waals surface area contributed by atoms with Gasteiger partial charge in [-0.05, 0) is 42.5 Å². The molecule has 2 nitrogen and oxygen atoms in total. The standard InChI is InChI=1S/C15H26O2Si/c1-15(2,3)13-10-6-8-12(9-7-11-16)14(13)17-18(4)5/h6,8,10,16,18H,7,9,11H2,1-5H3. The van der Waals surface area contributed by atoms with Crippen molar-refractivity contribution in [3.8, 4) is 5.75 Å². The Morgan fingerprint density at radius 2 is 1.89 bits per heavy atom. The van der Waals surface area contributed by atoms with Gasteiger partial charge in [-0.1, -0.05) is 39.0 Å². The number of aryl methyl sites for hydroxylation is 1. The lowest BCUT2D eigenvalue weighted by atomic mass is 9.85. The van der Waals surface area contributed by atoms with Crippen LogP contribution in [-0.4, -0.2) is 20.8 Å². The van der Waals surface area contributed by atoms with Gasteiger partial charge in [-0.3, -0.25) is 0 Å². The summed E-state index contributed by atoms with van der Waals surface area (Å²) in [6.45, 7) is 11.3. The first-order valence-electron chi connectivity index (χ1n) is 6.76. The summed E-state index contributed by atoms with van der Waals surface area (Å²) in [6.07, 6.45) is 1.68. The molecule has 3 heteroatoms. The van der Waals surface area contributed by atoms with Crippen molar-refractivity contribution < 1.29 is 9.53 Å². The SMILES string of the molecule is C[SiH](C)Oc1c(CCCO)cccc1C(C)(C)C. The van der Waals surface area contributed by atoms with E-state index in [0.29, 0.717) is 0 Å². The lowest BCUT2D eigenvalue weighted by Crippen LogP contribution is -2.19. The van der Waals surface area contributed by atoms with Crippen molar-refractivity contribution in [2.45, 2.75) is 52.1 Å². The first-order valence-corrected chi connectivity index (χ1v) is 9.54. The molecule has 0 unspecified atom stereocenters. The lowest BCUT2D eigenvalue weighted by molar-refractivity contribution is 0.288. The fourth-order valence-corrected chi connectivity index (χ4v) is 2.77. The molecule has 0 heterocycles. The maximum absolute atomic E-state index is 9.00. The maximum atomic E-state index is 9.00. The van der Waals surface area contributed by atoms with Crippen LogP contribution in [0, 0.1) is 0 Å². The van der Waals surface area contributed by atoms with E-state index in [0.717, 1.165) is 18.6 Å². The van der Waals surface area contributed by atoms with E-state index in [1.807, 2.05) is 0 Å². The fraction of sp³-hybridized carbons (Fsp3) is 0.600. The smallest absolute Gasteiger partial charge is 0.229 e. The molecule has 0 saturated carbocycles. The molecule has 1 aromatic carbocycles. The molecule has 0 amide bonds. The Morgan fingerprint density at radius 1 is 1.22 bits per heavy atom. The van der Waals surface area contributed by atoms with Gasteiger partial charge in [-0.25, -0.2) is 0 Å². The van der Waals surface area contributed by atoms with E-state index in [2.05, 4.69) is 52.1 Å². The van der Waals surface area contributed by atoms with Crippen LogP contribution in [0.15, 0.2) is 18.2 Å². The van der Waals surface area contributed by atoms with Gasteiger partial charge in [0, 0.05) is 6.61 Å². The summed E-state index contributed by atoms with van der Waals surface area (Å²) in [5.74, 6) is 1.07. The highest BCUT2D eigenvalue weighted by molar-refractivity contribution is 6.49. The third kappa shape index (κ3) is 4.14. The van der Waals surface area contributed by atoms with Gasteiger partial charge in [0.15, 0.2) is 0 Å². The van der Waals surface area contributed by atoms with Gasteiger partial charge < -0.3 is 9.53 Å². The number of aliphatic hydroxyl groups excluding tert-OH is 1. The second-order valence-electron chi connectivity index (χ2n) is 6.04. The molecule has 102 valence electrons. The zero-order chi connectivity index (χ0) is 13.8. The van der Waals surface area contributed by atoms with Crippen LogP contribution >= 0.6 is 0 Å². The van der Waals surface area contributed by atoms with Crippen molar-refractivity contribution in [1.82, 2.24) is 0 Å². The molecular formula is C15H26O2Si. The first kappa shape index (κ1) is 15.3. The molecule has 0 atom stereocenters. The van der Waals surface area contributed by atoms with Gasteiger partial charge in [0.05, 0.1) is 0 Å². The summed E-state index contributed by atoms with van der Waals surface area (Å²) in [5.41, 5.74) is 2.60. The zero-order valence-corrected chi connectivity index (χ0v) is 13.4. The summed E-state index contributed by atoms with van der Waals surface area (Å²) >= 11 is 0. The normalized spacial score (nSPS) is 11.9. The summed E-state index contributed by atoms with van der Waals surface area (Å²) in [7, 11) is -1.12. The van der Waals surface area contributed by atoms with E-state index in [1.54, 1.807) is 0 Å². The molecule has 18 heavy (non-hydrogen) atoms. The summed E-state index contributed by atoms with van der Waals surface area (Å²) in [4.78, 5) is 0. The van der Waals surface area contributed by atoms with Crippen molar-refractivity contribution in [3.63, 3.8) is 0 Å². The van der Waals surface area contributed by atoms with Crippen LogP contribution in [0.3, 0.4) is 0 Å². The fourth-order valence-electron chi connectivity index (χ4n) is 2.02. The van der Waals surface area contributed by atoms with Crippen LogP contribution < -0.4 is 4.43 Å². The van der Waals surface area contributed by atoms with Crippen molar-refractivity contribution in [1.29, 1.82) is 0 Å². The number of rotatable bonds is 5. The van der Waals surface area contributed by atoms with Gasteiger partial charge in [0.1, 0.15) is 5.75 Å². The second kappa shape index (κ2) is 6.39. The largest absolute Gasteiger partial charge is 0.547 e. The van der Waals surface area contributed by atoms with E-state index in [1.165, 1.54) is 11.1 Å². The number of hydrogen-bond acceptors (Lipinski definition) is 2. The highest BCUT2D eigenvalue weighted by Crippen LogP contribution is 2.35. The molecule has 0 radical (unpaired) electrons. The zero-order valence-electron chi connectivity index (χ0n) is 12.3. The number of aliphatic hydroxyl groups is 1. The Balaban J connectivity index is 3.17. The minimum atomic E-state index is -1.12. The lowest BCUT2D eigenvalue weighted by Gasteiger charge is -2.26. The molecule has 0 bridgehead atoms. The van der Waals surface area contributed by atoms with Crippen LogP contribution in [0.1, 0.15) is 38.3 Å². The van der Waals surface area contributed by atoms with Crippen molar-refractivity contribution in [3.05, 3.63) is 29.3 Å². The molecule has 1 aromatic rings. The van der Waals surface area contributed by atoms with Crippen LogP contribution in [0.2, 0.25) is 13.1 Å². The van der Waals surface area contributed by atoms with Crippen molar-refractivity contribution in [2.24, 2.45) is 0 Å². The molecule has 0 spiro atoms. The van der Waals surface area contributed by atoms with Crippen LogP contribution in [-0.2, 0) is 11.8 Å². The Labute approximate surface area is 113 Å². The van der Waals surface area contributed by atoms with E-state index < -0.39 is 9.04 Å². The summed E-state index contributed by atoms with van der Waals surface area (Å²) < 4.78 is 6.16. The van der Waals surface area contributed by atoms with Crippen molar-refractivity contribution >= 4 is 9.04 Å². The predicted octanol–water partition coefficient (Wildman–Crippen LogP) is 3.27. The van der Waals surface area contributed by atoms with E-state index in [-0.39, 0.29) is 12.0 Å². The molecule has 1 N–H and O–H groups in total. The summed E-state index contributed by atoms with van der Waals surface area (Å²) in [6, 6.07) is 6.38. The molecular weight excluding hydrogens is 240 g/mol. The second-order valence-corrected chi connectivity index (χ2v) is 8.37. The quantitative estimate of drug-likeness (QED) is 0.829. The van der Waals surface area contributed by atoms with Crippen LogP contribution in [0.4, 0.5) is 0 Å². The molecule has 0 aliphatic rings. The minimum Gasteiger partial charge on any atom is -0.547 e. The van der Waals surface area contributed by atoms with Gasteiger partial charge in [-0.15, -0.1) is 0 Å². The van der Waals surface area contributed by atoms with Crippen LogP contribution in [0.25, 0.3) is 0 Å². The highest BCUT2D eigenvalue weighted by atomic mass is 28.3. The van der Waals surface area contributed by atoms with Crippen molar-refractivity contribution in [2.75, 3.05) is 6.61 Å². The van der Waals surface area contributed by atoms with E-state index in [9.17, 15) is 0 Å². The third-order valence-corrected chi connectivity index (χ3v) is 3.57. The predicted molar refractivity (Wildman–Crippen MR) is 80.1 cm³/mol. The molecule has 0 aliphatic carbocycles. The van der Waals surface area contributed by atoms with E-state index in [4.69, 9.17) is 9.53 Å². The number of para-hydroxylation sites is 1.